The van der Waals surface area contributed by atoms with Gasteiger partial charge in [-0.05, 0) is 24.6 Å². The summed E-state index contributed by atoms with van der Waals surface area (Å²) in [5, 5.41) is 12.4. The predicted molar refractivity (Wildman–Crippen MR) is 95.8 cm³/mol. The van der Waals surface area contributed by atoms with E-state index in [2.05, 4.69) is 33.6 Å². The van der Waals surface area contributed by atoms with Crippen LogP contribution in [0.3, 0.4) is 0 Å². The van der Waals surface area contributed by atoms with Gasteiger partial charge in [-0.25, -0.2) is 14.7 Å². The van der Waals surface area contributed by atoms with Gasteiger partial charge in [0, 0.05) is 30.2 Å². The molecule has 5 aliphatic rings. The fourth-order valence-corrected chi connectivity index (χ4v) is 5.31. The van der Waals surface area contributed by atoms with E-state index < -0.39 is 17.8 Å². The molecule has 4 atom stereocenters. The van der Waals surface area contributed by atoms with Gasteiger partial charge in [-0.2, -0.15) is 0 Å². The molecule has 9 nitrogen and oxygen atoms in total. The lowest BCUT2D eigenvalue weighted by Crippen LogP contribution is -3.01. The number of carboxylic acid groups (broad SMARTS) is 1. The van der Waals surface area contributed by atoms with Crippen LogP contribution in [0.4, 0.5) is 0 Å². The van der Waals surface area contributed by atoms with Crippen molar-refractivity contribution in [2.45, 2.75) is 43.3 Å². The third-order valence-corrected chi connectivity index (χ3v) is 6.17. The number of hydrogen-bond donors (Lipinski definition) is 4. The summed E-state index contributed by atoms with van der Waals surface area (Å²) >= 11 is 0. The van der Waals surface area contributed by atoms with Crippen molar-refractivity contribution in [1.82, 2.24) is 15.1 Å². The Bertz CT molecular complexity index is 888. The Hall–Kier alpha value is -2.65. The zero-order valence-corrected chi connectivity index (χ0v) is 14.4. The Morgan fingerprint density at radius 2 is 2.27 bits per heavy atom. The highest BCUT2D eigenvalue weighted by Crippen LogP contribution is 2.62. The molecule has 0 aromatic rings. The number of allylic oxidation sites excluding steroid dienone is 3. The summed E-state index contributed by atoms with van der Waals surface area (Å²) in [5.74, 6) is 0.0413. The third-order valence-electron chi connectivity index (χ3n) is 6.17. The smallest absolute Gasteiger partial charge is 0.331 e. The SMILES string of the molecule is C=C1CC(C(=O)O)=CC=C1N1C2(C)CC3CN=C4NC(N)=NC(N)C41N32. The summed E-state index contributed by atoms with van der Waals surface area (Å²) in [5.41, 5.74) is 13.4. The molecule has 9 heteroatoms. The monoisotopic (exact) mass is 355 g/mol. The first-order valence-electron chi connectivity index (χ1n) is 8.63. The van der Waals surface area contributed by atoms with Crippen molar-refractivity contribution in [3.05, 3.63) is 35.6 Å². The first-order chi connectivity index (χ1) is 12.3. The maximum absolute atomic E-state index is 11.3. The van der Waals surface area contributed by atoms with Gasteiger partial charge in [0.15, 0.2) is 11.6 Å². The first-order valence-corrected chi connectivity index (χ1v) is 8.63. The minimum atomic E-state index is -0.923. The Balaban J connectivity index is 1.65. The first kappa shape index (κ1) is 15.6. The van der Waals surface area contributed by atoms with Gasteiger partial charge < -0.3 is 26.8 Å². The number of amidine groups is 1. The van der Waals surface area contributed by atoms with Gasteiger partial charge in [0.2, 0.25) is 0 Å². The molecule has 26 heavy (non-hydrogen) atoms. The topological polar surface area (TPSA) is 133 Å². The molecule has 1 spiro atoms. The predicted octanol–water partition coefficient (Wildman–Crippen LogP) is -0.742. The van der Waals surface area contributed by atoms with Gasteiger partial charge in [-0.3, -0.25) is 4.99 Å². The summed E-state index contributed by atoms with van der Waals surface area (Å²) in [4.78, 5) is 24.9. The van der Waals surface area contributed by atoms with E-state index in [0.717, 1.165) is 17.7 Å². The van der Waals surface area contributed by atoms with E-state index in [4.69, 9.17) is 16.5 Å². The van der Waals surface area contributed by atoms with E-state index in [9.17, 15) is 9.90 Å². The van der Waals surface area contributed by atoms with Crippen molar-refractivity contribution in [1.29, 1.82) is 0 Å². The molecule has 4 aliphatic heterocycles. The highest BCUT2D eigenvalue weighted by molar-refractivity contribution is 6.08. The Labute approximate surface area is 150 Å². The molecule has 0 aromatic heterocycles. The lowest BCUT2D eigenvalue weighted by Gasteiger charge is -2.83. The lowest BCUT2D eigenvalue weighted by molar-refractivity contribution is -0.349. The number of carboxylic acids is 1. The molecular weight excluding hydrogens is 334 g/mol. The van der Waals surface area contributed by atoms with Crippen LogP contribution in [-0.4, -0.2) is 62.7 Å². The third kappa shape index (κ3) is 1.52. The van der Waals surface area contributed by atoms with Gasteiger partial charge in [-0.15, -0.1) is 0 Å². The fourth-order valence-electron chi connectivity index (χ4n) is 5.31. The average Bonchev–Trinajstić information content (AvgIpc) is 2.55. The number of aliphatic carboxylic acids is 1. The maximum atomic E-state index is 11.3. The molecule has 2 fully saturated rings. The second-order valence-electron chi connectivity index (χ2n) is 7.61. The van der Waals surface area contributed by atoms with Gasteiger partial charge in [0.05, 0.1) is 12.2 Å². The van der Waals surface area contributed by atoms with Crippen LogP contribution in [0.25, 0.3) is 0 Å². The summed E-state index contributed by atoms with van der Waals surface area (Å²) in [6.45, 7) is 7.00. The van der Waals surface area contributed by atoms with Crippen LogP contribution >= 0.6 is 0 Å². The molecule has 0 saturated carbocycles. The van der Waals surface area contributed by atoms with Crippen molar-refractivity contribution < 1.29 is 9.90 Å². The Morgan fingerprint density at radius 3 is 2.96 bits per heavy atom. The number of hydrogen-bond acceptors (Lipinski definition) is 8. The van der Waals surface area contributed by atoms with E-state index in [-0.39, 0.29) is 11.6 Å². The van der Waals surface area contributed by atoms with E-state index in [0.29, 0.717) is 30.4 Å². The second-order valence-corrected chi connectivity index (χ2v) is 7.61. The largest absolute Gasteiger partial charge is 0.478 e. The van der Waals surface area contributed by atoms with Crippen molar-refractivity contribution in [2.24, 2.45) is 21.5 Å². The van der Waals surface area contributed by atoms with E-state index in [1.54, 1.807) is 6.08 Å². The van der Waals surface area contributed by atoms with Crippen LogP contribution < -0.4 is 16.8 Å². The van der Waals surface area contributed by atoms with Crippen LogP contribution in [0.5, 0.6) is 0 Å². The van der Waals surface area contributed by atoms with Gasteiger partial charge in [-0.1, -0.05) is 6.58 Å². The number of guanidine groups is 1. The average molecular weight is 355 g/mol. The zero-order chi connectivity index (χ0) is 18.4. The number of aliphatic imine (C=N–C) groups is 2. The summed E-state index contributed by atoms with van der Waals surface area (Å²) in [6, 6.07) is 0.324. The molecule has 0 radical (unpaired) electrons. The normalized spacial score (nSPS) is 40.5. The molecule has 136 valence electrons. The highest BCUT2D eigenvalue weighted by atomic mass is 16.4. The van der Waals surface area contributed by atoms with Gasteiger partial charge >= 0.3 is 5.97 Å². The van der Waals surface area contributed by atoms with Crippen LogP contribution in [0.1, 0.15) is 19.8 Å². The van der Waals surface area contributed by atoms with Gasteiger partial charge in [0.25, 0.3) is 0 Å². The number of nitrogens with zero attached hydrogens (tertiary/aromatic N) is 4. The standard InChI is InChI=1S/C17H21N7O2/c1-8-5-9(12(25)26)3-4-11(8)24-16(2)6-10-7-20-14-17(24,23(10)16)13(18)21-15(19)22-14/h3-4,10,13H,1,5-7,18H2,2H3,(H,25,26)(H3,19,20,21,22). The lowest BCUT2D eigenvalue weighted by atomic mass is 9.68. The fraction of sp³-hybridized carbons (Fsp3) is 0.471. The van der Waals surface area contributed by atoms with Crippen molar-refractivity contribution in [2.75, 3.05) is 6.54 Å². The van der Waals surface area contributed by atoms with E-state index in [1.165, 1.54) is 0 Å². The number of carbonyl (C=O) groups is 1. The highest BCUT2D eigenvalue weighted by Gasteiger charge is 2.80. The minimum Gasteiger partial charge on any atom is -0.478 e. The molecule has 0 bridgehead atoms. The molecule has 2 saturated heterocycles. The molecule has 0 amide bonds. The molecule has 0 aromatic carbocycles. The summed E-state index contributed by atoms with van der Waals surface area (Å²) < 4.78 is 0. The number of nitrogens with one attached hydrogen (secondary N) is 1. The second kappa shape index (κ2) is 4.54. The Kier molecular flexibility index (Phi) is 2.73. The van der Waals surface area contributed by atoms with Crippen LogP contribution in [0.2, 0.25) is 0 Å². The van der Waals surface area contributed by atoms with Crippen molar-refractivity contribution in [3.63, 3.8) is 0 Å². The van der Waals surface area contributed by atoms with Crippen LogP contribution in [0, 0.1) is 0 Å². The molecular formula is C17H21N7O2. The number of rotatable bonds is 2. The molecule has 1 aliphatic carbocycles. The van der Waals surface area contributed by atoms with Crippen molar-refractivity contribution in [3.8, 4) is 0 Å². The number of nitrogens with two attached hydrogens (primary N) is 2. The summed E-state index contributed by atoms with van der Waals surface area (Å²) in [7, 11) is 0. The van der Waals surface area contributed by atoms with Crippen LogP contribution in [-0.2, 0) is 4.79 Å². The van der Waals surface area contributed by atoms with Crippen molar-refractivity contribution >= 4 is 17.8 Å². The maximum Gasteiger partial charge on any atom is 0.331 e. The molecule has 4 unspecified atom stereocenters. The molecule has 4 heterocycles. The van der Waals surface area contributed by atoms with E-state index in [1.807, 2.05) is 6.08 Å². The van der Waals surface area contributed by atoms with Crippen LogP contribution in [0.15, 0.2) is 45.6 Å². The molecule has 6 N–H and O–H groups in total. The quantitative estimate of drug-likeness (QED) is 0.513. The van der Waals surface area contributed by atoms with E-state index >= 15 is 0 Å². The van der Waals surface area contributed by atoms with Gasteiger partial charge in [0.1, 0.15) is 12.0 Å². The Morgan fingerprint density at radius 1 is 1.50 bits per heavy atom. The summed E-state index contributed by atoms with van der Waals surface area (Å²) in [6.07, 6.45) is 4.12. The minimum absolute atomic E-state index is 0.212. The molecule has 5 rings (SSSR count). The zero-order valence-electron chi connectivity index (χ0n) is 14.4.